The van der Waals surface area contributed by atoms with Crippen LogP contribution in [-0.4, -0.2) is 9.97 Å². The quantitative estimate of drug-likeness (QED) is 0.442. The van der Waals surface area contributed by atoms with E-state index < -0.39 is 0 Å². The second-order valence-electron chi connectivity index (χ2n) is 8.34. The maximum Gasteiger partial charge on any atom is 0.0459 e. The van der Waals surface area contributed by atoms with Gasteiger partial charge in [0.05, 0.1) is 0 Å². The van der Waals surface area contributed by atoms with Crippen LogP contribution >= 0.6 is 0 Å². The first-order valence-electron chi connectivity index (χ1n) is 9.57. The zero-order chi connectivity index (χ0) is 16.1. The van der Waals surface area contributed by atoms with E-state index in [1.807, 2.05) is 0 Å². The summed E-state index contributed by atoms with van der Waals surface area (Å²) in [6, 6.07) is 17.7. The minimum absolute atomic E-state index is 0.682. The minimum atomic E-state index is 0.682. The third-order valence-corrected chi connectivity index (χ3v) is 7.30. The van der Waals surface area contributed by atoms with Gasteiger partial charge >= 0.3 is 0 Å². The summed E-state index contributed by atoms with van der Waals surface area (Å²) in [5.74, 6) is 3.03. The smallest absolute Gasteiger partial charge is 0.0459 e. The fraction of sp³-hybridized carbons (Fsp3) is 0.304. The molecular formula is C23H20N2. The van der Waals surface area contributed by atoms with Crippen molar-refractivity contribution in [3.63, 3.8) is 0 Å². The number of aromatic nitrogens is 2. The number of fused-ring (bicyclic) bond motifs is 11. The Balaban J connectivity index is 1.44. The molecule has 1 saturated carbocycles. The maximum absolute atomic E-state index is 3.81. The van der Waals surface area contributed by atoms with Gasteiger partial charge in [0.2, 0.25) is 0 Å². The van der Waals surface area contributed by atoms with E-state index in [1.165, 1.54) is 41.1 Å². The zero-order valence-corrected chi connectivity index (χ0v) is 14.0. The Hall–Kier alpha value is -2.48. The number of hydrogen-bond acceptors (Lipinski definition) is 0. The van der Waals surface area contributed by atoms with E-state index in [0.29, 0.717) is 11.8 Å². The summed E-state index contributed by atoms with van der Waals surface area (Å²) in [7, 11) is 0. The molecule has 4 atom stereocenters. The lowest BCUT2D eigenvalue weighted by molar-refractivity contribution is 0.494. The summed E-state index contributed by atoms with van der Waals surface area (Å²) < 4.78 is 0. The Bertz CT molecular complexity index is 1070. The molecule has 0 saturated heterocycles. The van der Waals surface area contributed by atoms with E-state index in [0.717, 1.165) is 11.8 Å². The maximum atomic E-state index is 3.81. The second kappa shape index (κ2) is 4.19. The van der Waals surface area contributed by atoms with E-state index in [1.54, 1.807) is 22.5 Å². The molecule has 3 aliphatic carbocycles. The molecule has 0 aliphatic heterocycles. The Morgan fingerprint density at radius 3 is 1.64 bits per heavy atom. The van der Waals surface area contributed by atoms with Gasteiger partial charge < -0.3 is 9.97 Å². The van der Waals surface area contributed by atoms with Crippen molar-refractivity contribution in [2.45, 2.75) is 31.1 Å². The number of H-pyrrole nitrogens is 2. The molecule has 0 bridgehead atoms. The van der Waals surface area contributed by atoms with Crippen LogP contribution in [0.1, 0.15) is 40.8 Å². The van der Waals surface area contributed by atoms with Crippen LogP contribution in [0.2, 0.25) is 0 Å². The molecule has 2 heteroatoms. The summed E-state index contributed by atoms with van der Waals surface area (Å²) in [6.07, 6.45) is 3.93. The Morgan fingerprint density at radius 1 is 0.640 bits per heavy atom. The van der Waals surface area contributed by atoms with Gasteiger partial charge in [-0.3, -0.25) is 0 Å². The van der Waals surface area contributed by atoms with Crippen molar-refractivity contribution < 1.29 is 0 Å². The molecule has 0 amide bonds. The SMILES string of the molecule is c1ccc2c3c([nH]c2c1)C1C(C3)CC2Cc3c([nH]c4ccccc34)C21. The number of rotatable bonds is 0. The van der Waals surface area contributed by atoms with Gasteiger partial charge in [-0.15, -0.1) is 0 Å². The van der Waals surface area contributed by atoms with Crippen molar-refractivity contribution in [1.82, 2.24) is 9.97 Å². The van der Waals surface area contributed by atoms with Gasteiger partial charge in [-0.2, -0.15) is 0 Å². The fourth-order valence-corrected chi connectivity index (χ4v) is 6.49. The summed E-state index contributed by atoms with van der Waals surface area (Å²) in [4.78, 5) is 7.62. The molecule has 0 spiro atoms. The highest BCUT2D eigenvalue weighted by Gasteiger charge is 2.53. The summed E-state index contributed by atoms with van der Waals surface area (Å²) in [5.41, 5.74) is 8.95. The number of aromatic amines is 2. The van der Waals surface area contributed by atoms with Crippen LogP contribution in [0.3, 0.4) is 0 Å². The van der Waals surface area contributed by atoms with Crippen molar-refractivity contribution in [3.8, 4) is 0 Å². The van der Waals surface area contributed by atoms with Crippen LogP contribution in [-0.2, 0) is 12.8 Å². The number of benzene rings is 2. The summed E-state index contributed by atoms with van der Waals surface area (Å²) in [5, 5.41) is 2.91. The van der Waals surface area contributed by atoms with Gasteiger partial charge in [0.25, 0.3) is 0 Å². The third-order valence-electron chi connectivity index (χ3n) is 7.30. The van der Waals surface area contributed by atoms with Crippen molar-refractivity contribution in [3.05, 3.63) is 71.0 Å². The van der Waals surface area contributed by atoms with Gasteiger partial charge in [-0.05, 0) is 54.4 Å². The third kappa shape index (κ3) is 1.44. The monoisotopic (exact) mass is 324 g/mol. The fourth-order valence-electron chi connectivity index (χ4n) is 6.49. The molecule has 4 aromatic rings. The van der Waals surface area contributed by atoms with Gasteiger partial charge in [0, 0.05) is 45.0 Å². The first-order valence-corrected chi connectivity index (χ1v) is 9.57. The lowest BCUT2D eigenvalue weighted by Gasteiger charge is -2.18. The van der Waals surface area contributed by atoms with E-state index in [-0.39, 0.29) is 0 Å². The van der Waals surface area contributed by atoms with Crippen molar-refractivity contribution in [2.75, 3.05) is 0 Å². The van der Waals surface area contributed by atoms with Crippen LogP contribution in [0.4, 0.5) is 0 Å². The molecule has 2 aromatic carbocycles. The average molecular weight is 324 g/mol. The van der Waals surface area contributed by atoms with Gasteiger partial charge in [-0.1, -0.05) is 36.4 Å². The molecular weight excluding hydrogens is 304 g/mol. The molecule has 1 fully saturated rings. The number of para-hydroxylation sites is 2. The molecule has 2 aromatic heterocycles. The normalized spacial score (nSPS) is 29.1. The number of nitrogens with one attached hydrogen (secondary N) is 2. The van der Waals surface area contributed by atoms with Crippen LogP contribution in [0, 0.1) is 11.8 Å². The molecule has 4 unspecified atom stereocenters. The topological polar surface area (TPSA) is 31.6 Å². The predicted molar refractivity (Wildman–Crippen MR) is 101 cm³/mol. The van der Waals surface area contributed by atoms with Crippen molar-refractivity contribution >= 4 is 21.8 Å². The van der Waals surface area contributed by atoms with E-state index in [2.05, 4.69) is 58.5 Å². The Kier molecular flexibility index (Phi) is 2.15. The van der Waals surface area contributed by atoms with Gasteiger partial charge in [0.15, 0.2) is 0 Å². The van der Waals surface area contributed by atoms with Crippen LogP contribution in [0.15, 0.2) is 48.5 Å². The van der Waals surface area contributed by atoms with E-state index >= 15 is 0 Å². The minimum Gasteiger partial charge on any atom is -0.358 e. The molecule has 2 heterocycles. The van der Waals surface area contributed by atoms with E-state index in [9.17, 15) is 0 Å². The largest absolute Gasteiger partial charge is 0.358 e. The second-order valence-corrected chi connectivity index (χ2v) is 8.34. The number of hydrogen-bond donors (Lipinski definition) is 2. The molecule has 7 rings (SSSR count). The highest BCUT2D eigenvalue weighted by atomic mass is 14.8. The van der Waals surface area contributed by atoms with Gasteiger partial charge in [-0.25, -0.2) is 0 Å². The molecule has 3 aliphatic rings. The summed E-state index contributed by atoms with van der Waals surface area (Å²) in [6.45, 7) is 0. The lowest BCUT2D eigenvalue weighted by Crippen LogP contribution is -2.09. The highest BCUT2D eigenvalue weighted by Crippen LogP contribution is 2.63. The van der Waals surface area contributed by atoms with Crippen molar-refractivity contribution in [1.29, 1.82) is 0 Å². The molecule has 0 radical (unpaired) electrons. The molecule has 2 N–H and O–H groups in total. The lowest BCUT2D eigenvalue weighted by atomic mass is 9.88. The Morgan fingerprint density at radius 2 is 1.12 bits per heavy atom. The molecule has 25 heavy (non-hydrogen) atoms. The highest BCUT2D eigenvalue weighted by molar-refractivity contribution is 5.87. The first-order chi connectivity index (χ1) is 12.4. The zero-order valence-electron chi connectivity index (χ0n) is 14.0. The van der Waals surface area contributed by atoms with Crippen molar-refractivity contribution in [2.24, 2.45) is 11.8 Å². The Labute approximate surface area is 146 Å². The average Bonchev–Trinajstić information content (AvgIpc) is 3.37. The molecule has 2 nitrogen and oxygen atoms in total. The van der Waals surface area contributed by atoms with Crippen LogP contribution in [0.5, 0.6) is 0 Å². The predicted octanol–water partition coefficient (Wildman–Crippen LogP) is 5.26. The van der Waals surface area contributed by atoms with Crippen LogP contribution in [0.25, 0.3) is 21.8 Å². The van der Waals surface area contributed by atoms with Gasteiger partial charge in [0.1, 0.15) is 0 Å². The van der Waals surface area contributed by atoms with E-state index in [4.69, 9.17) is 0 Å². The standard InChI is InChI=1S/C23H20N2/c1-3-7-18-14(5-1)16-10-12-9-13-11-17-15-6-2-4-8-19(15)25-23(17)21(13)20(12)22(16)24-18/h1-8,12-13,20-21,24-25H,9-11H2. The summed E-state index contributed by atoms with van der Waals surface area (Å²) >= 11 is 0. The first kappa shape index (κ1) is 12.8. The van der Waals surface area contributed by atoms with Crippen LogP contribution < -0.4 is 0 Å². The molecule has 122 valence electrons.